The highest BCUT2D eigenvalue weighted by molar-refractivity contribution is 5.30. The van der Waals surface area contributed by atoms with Gasteiger partial charge in [0.15, 0.2) is 0 Å². The van der Waals surface area contributed by atoms with Crippen molar-refractivity contribution in [2.45, 2.75) is 32.6 Å². The van der Waals surface area contributed by atoms with Gasteiger partial charge in [0.1, 0.15) is 6.07 Å². The van der Waals surface area contributed by atoms with Crippen LogP contribution in [-0.2, 0) is 6.42 Å². The first-order valence-corrected chi connectivity index (χ1v) is 4.30. The molecule has 12 heavy (non-hydrogen) atoms. The van der Waals surface area contributed by atoms with Gasteiger partial charge in [0.2, 0.25) is 0 Å². The third-order valence-electron chi connectivity index (χ3n) is 1.87. The Morgan fingerprint density at radius 2 is 2.42 bits per heavy atom. The van der Waals surface area contributed by atoms with E-state index in [1.807, 2.05) is 0 Å². The molecular formula is C9H13N3. The molecule has 1 aromatic heterocycles. The molecule has 0 fully saturated rings. The van der Waals surface area contributed by atoms with Crippen LogP contribution in [0.15, 0.2) is 6.20 Å². The molecule has 1 N–H and O–H groups in total. The van der Waals surface area contributed by atoms with E-state index in [0.717, 1.165) is 18.5 Å². The first-order valence-electron chi connectivity index (χ1n) is 4.30. The van der Waals surface area contributed by atoms with Crippen molar-refractivity contribution in [3.63, 3.8) is 0 Å². The fourth-order valence-corrected chi connectivity index (χ4v) is 1.15. The van der Waals surface area contributed by atoms with E-state index in [1.54, 1.807) is 6.20 Å². The van der Waals surface area contributed by atoms with Crippen molar-refractivity contribution in [2.24, 2.45) is 0 Å². The molecule has 0 saturated heterocycles. The number of nitrogens with zero attached hydrogens (tertiary/aromatic N) is 2. The number of nitriles is 1. The average molecular weight is 163 g/mol. The van der Waals surface area contributed by atoms with Gasteiger partial charge >= 0.3 is 0 Å². The molecule has 0 amide bonds. The summed E-state index contributed by atoms with van der Waals surface area (Å²) in [5.74, 6) is 0. The Morgan fingerprint density at radius 1 is 1.58 bits per heavy atom. The summed E-state index contributed by atoms with van der Waals surface area (Å²) in [6, 6.07) is 2.11. The third-order valence-corrected chi connectivity index (χ3v) is 1.87. The van der Waals surface area contributed by atoms with Crippen molar-refractivity contribution in [1.29, 1.82) is 5.26 Å². The Morgan fingerprint density at radius 3 is 3.08 bits per heavy atom. The standard InChI is InChI=1S/C9H13N3/c1-2-3-4-5-9-8(6-10)7-11-12-9/h7H,2-5H2,1H3,(H,11,12). The van der Waals surface area contributed by atoms with E-state index < -0.39 is 0 Å². The Balaban J connectivity index is 2.46. The van der Waals surface area contributed by atoms with E-state index in [0.29, 0.717) is 5.56 Å². The van der Waals surface area contributed by atoms with Crippen LogP contribution in [0.3, 0.4) is 0 Å². The highest BCUT2D eigenvalue weighted by Crippen LogP contribution is 2.07. The topological polar surface area (TPSA) is 52.5 Å². The average Bonchev–Trinajstić information content (AvgIpc) is 2.52. The number of aryl methyl sites for hydroxylation is 1. The molecule has 0 saturated carbocycles. The van der Waals surface area contributed by atoms with Gasteiger partial charge in [-0.3, -0.25) is 5.10 Å². The molecule has 0 spiro atoms. The van der Waals surface area contributed by atoms with Crippen LogP contribution in [-0.4, -0.2) is 10.2 Å². The van der Waals surface area contributed by atoms with Crippen molar-refractivity contribution in [3.05, 3.63) is 17.5 Å². The largest absolute Gasteiger partial charge is 0.281 e. The summed E-state index contributed by atoms with van der Waals surface area (Å²) < 4.78 is 0. The van der Waals surface area contributed by atoms with Crippen molar-refractivity contribution in [2.75, 3.05) is 0 Å². The van der Waals surface area contributed by atoms with Crippen molar-refractivity contribution in [1.82, 2.24) is 10.2 Å². The molecule has 0 unspecified atom stereocenters. The lowest BCUT2D eigenvalue weighted by Crippen LogP contribution is -1.88. The van der Waals surface area contributed by atoms with Gasteiger partial charge in [0.05, 0.1) is 17.5 Å². The van der Waals surface area contributed by atoms with Crippen LogP contribution in [0.2, 0.25) is 0 Å². The molecular weight excluding hydrogens is 150 g/mol. The molecule has 0 atom stereocenters. The monoisotopic (exact) mass is 163 g/mol. The quantitative estimate of drug-likeness (QED) is 0.690. The molecule has 0 radical (unpaired) electrons. The number of H-pyrrole nitrogens is 1. The number of unbranched alkanes of at least 4 members (excludes halogenated alkanes) is 2. The van der Waals surface area contributed by atoms with Gasteiger partial charge in [-0.25, -0.2) is 0 Å². The van der Waals surface area contributed by atoms with Gasteiger partial charge < -0.3 is 0 Å². The van der Waals surface area contributed by atoms with Crippen LogP contribution in [0.25, 0.3) is 0 Å². The molecule has 1 aromatic rings. The second-order valence-electron chi connectivity index (χ2n) is 2.83. The lowest BCUT2D eigenvalue weighted by molar-refractivity contribution is 0.704. The maximum Gasteiger partial charge on any atom is 0.103 e. The van der Waals surface area contributed by atoms with Crippen LogP contribution in [0.1, 0.15) is 37.4 Å². The molecule has 3 nitrogen and oxygen atoms in total. The maximum absolute atomic E-state index is 8.65. The molecule has 0 aromatic carbocycles. The number of aromatic amines is 1. The SMILES string of the molecule is CCCCCc1[nH]ncc1C#N. The van der Waals surface area contributed by atoms with E-state index in [2.05, 4.69) is 23.2 Å². The molecule has 0 aliphatic carbocycles. The molecule has 1 heterocycles. The van der Waals surface area contributed by atoms with E-state index in [9.17, 15) is 0 Å². The maximum atomic E-state index is 8.65. The molecule has 0 aliphatic rings. The first kappa shape index (κ1) is 8.79. The van der Waals surface area contributed by atoms with Gasteiger partial charge in [-0.05, 0) is 12.8 Å². The third kappa shape index (κ3) is 2.09. The summed E-state index contributed by atoms with van der Waals surface area (Å²) in [7, 11) is 0. The summed E-state index contributed by atoms with van der Waals surface area (Å²) in [4.78, 5) is 0. The predicted octanol–water partition coefficient (Wildman–Crippen LogP) is 2.01. The van der Waals surface area contributed by atoms with E-state index >= 15 is 0 Å². The Labute approximate surface area is 72.4 Å². The van der Waals surface area contributed by atoms with Gasteiger partial charge in [0, 0.05) is 0 Å². The van der Waals surface area contributed by atoms with Crippen LogP contribution in [0, 0.1) is 11.3 Å². The van der Waals surface area contributed by atoms with Crippen LogP contribution < -0.4 is 0 Å². The van der Waals surface area contributed by atoms with E-state index in [1.165, 1.54) is 12.8 Å². The lowest BCUT2D eigenvalue weighted by atomic mass is 10.1. The predicted molar refractivity (Wildman–Crippen MR) is 46.5 cm³/mol. The normalized spacial score (nSPS) is 9.67. The number of hydrogen-bond acceptors (Lipinski definition) is 2. The highest BCUT2D eigenvalue weighted by atomic mass is 15.1. The number of rotatable bonds is 4. The molecule has 0 bridgehead atoms. The minimum atomic E-state index is 0.686. The molecule has 3 heteroatoms. The molecule has 0 aliphatic heterocycles. The highest BCUT2D eigenvalue weighted by Gasteiger charge is 2.02. The second kappa shape index (κ2) is 4.55. The van der Waals surface area contributed by atoms with Gasteiger partial charge in [-0.15, -0.1) is 0 Å². The summed E-state index contributed by atoms with van der Waals surface area (Å²) >= 11 is 0. The zero-order valence-corrected chi connectivity index (χ0v) is 7.30. The van der Waals surface area contributed by atoms with Gasteiger partial charge in [-0.1, -0.05) is 19.8 Å². The van der Waals surface area contributed by atoms with Crippen LogP contribution >= 0.6 is 0 Å². The van der Waals surface area contributed by atoms with Gasteiger partial charge in [0.25, 0.3) is 0 Å². The zero-order valence-electron chi connectivity index (χ0n) is 7.30. The Kier molecular flexibility index (Phi) is 3.34. The zero-order chi connectivity index (χ0) is 8.81. The summed E-state index contributed by atoms with van der Waals surface area (Å²) in [5, 5.41) is 15.3. The van der Waals surface area contributed by atoms with Crippen LogP contribution in [0.4, 0.5) is 0 Å². The number of aromatic nitrogens is 2. The fourth-order valence-electron chi connectivity index (χ4n) is 1.15. The number of hydrogen-bond donors (Lipinski definition) is 1. The molecule has 1 rings (SSSR count). The summed E-state index contributed by atoms with van der Waals surface area (Å²) in [6.45, 7) is 2.16. The minimum absolute atomic E-state index is 0.686. The second-order valence-corrected chi connectivity index (χ2v) is 2.83. The van der Waals surface area contributed by atoms with E-state index in [-0.39, 0.29) is 0 Å². The van der Waals surface area contributed by atoms with Crippen LogP contribution in [0.5, 0.6) is 0 Å². The first-order chi connectivity index (χ1) is 5.88. The van der Waals surface area contributed by atoms with Gasteiger partial charge in [-0.2, -0.15) is 10.4 Å². The number of nitrogens with one attached hydrogen (secondary N) is 1. The van der Waals surface area contributed by atoms with Crippen molar-refractivity contribution >= 4 is 0 Å². The Bertz CT molecular complexity index is 270. The minimum Gasteiger partial charge on any atom is -0.281 e. The summed E-state index contributed by atoms with van der Waals surface area (Å²) in [5.41, 5.74) is 1.66. The smallest absolute Gasteiger partial charge is 0.103 e. The van der Waals surface area contributed by atoms with E-state index in [4.69, 9.17) is 5.26 Å². The van der Waals surface area contributed by atoms with Crippen molar-refractivity contribution < 1.29 is 0 Å². The lowest BCUT2D eigenvalue weighted by Gasteiger charge is -1.95. The fraction of sp³-hybridized carbons (Fsp3) is 0.556. The van der Waals surface area contributed by atoms with Crippen molar-refractivity contribution in [3.8, 4) is 6.07 Å². The summed E-state index contributed by atoms with van der Waals surface area (Å²) in [6.07, 6.45) is 6.07. The Hall–Kier alpha value is -1.30. The molecule has 64 valence electrons.